The van der Waals surface area contributed by atoms with Gasteiger partial charge in [-0.15, -0.1) is 0 Å². The Balaban J connectivity index is 2.28. The quantitative estimate of drug-likeness (QED) is 0.597. The maximum atomic E-state index is 2.41. The monoisotopic (exact) mass is 196 g/mol. The molecule has 15 heavy (non-hydrogen) atoms. The second-order valence-electron chi connectivity index (χ2n) is 5.52. The summed E-state index contributed by atoms with van der Waals surface area (Å²) in [4.78, 5) is 0. The molecule has 0 heteroatoms. The van der Waals surface area contributed by atoms with Gasteiger partial charge in [0.05, 0.1) is 0 Å². The third kappa shape index (κ3) is 1.36. The third-order valence-corrected chi connectivity index (χ3v) is 3.30. The summed E-state index contributed by atoms with van der Waals surface area (Å²) in [5, 5.41) is 2.84. The Labute approximate surface area is 90.6 Å². The van der Waals surface area contributed by atoms with Crippen molar-refractivity contribution in [2.45, 2.75) is 27.2 Å². The molecule has 0 unspecified atom stereocenters. The molecule has 0 radical (unpaired) electrons. The van der Waals surface area contributed by atoms with E-state index in [0.29, 0.717) is 5.41 Å². The molecule has 0 fully saturated rings. The van der Waals surface area contributed by atoms with E-state index in [2.05, 4.69) is 51.1 Å². The molecular formula is C15H16. The van der Waals surface area contributed by atoms with E-state index < -0.39 is 0 Å². The molecule has 0 saturated carbocycles. The lowest BCUT2D eigenvalue weighted by Crippen LogP contribution is -2.13. The number of benzene rings is 1. The first-order valence-corrected chi connectivity index (χ1v) is 5.59. The van der Waals surface area contributed by atoms with Crippen LogP contribution in [0.2, 0.25) is 0 Å². The highest BCUT2D eigenvalue weighted by Crippen LogP contribution is 2.26. The highest BCUT2D eigenvalue weighted by atomic mass is 14.3. The lowest BCUT2D eigenvalue weighted by Gasteiger charge is -2.13. The summed E-state index contributed by atoms with van der Waals surface area (Å²) in [7, 11) is 0. The maximum Gasteiger partial charge on any atom is -0.0125 e. The molecule has 0 heterocycles. The minimum atomic E-state index is 0.343. The van der Waals surface area contributed by atoms with Crippen LogP contribution in [0, 0.1) is 5.41 Å². The van der Waals surface area contributed by atoms with Gasteiger partial charge < -0.3 is 0 Å². The summed E-state index contributed by atoms with van der Waals surface area (Å²) >= 11 is 0. The van der Waals surface area contributed by atoms with Gasteiger partial charge in [-0.1, -0.05) is 38.1 Å². The second kappa shape index (κ2) is 2.63. The number of hydrogen-bond donors (Lipinski definition) is 0. The van der Waals surface area contributed by atoms with Crippen molar-refractivity contribution in [3.63, 3.8) is 0 Å². The first-order valence-electron chi connectivity index (χ1n) is 5.59. The van der Waals surface area contributed by atoms with Gasteiger partial charge in [-0.05, 0) is 52.0 Å². The molecule has 2 aliphatic carbocycles. The van der Waals surface area contributed by atoms with Crippen LogP contribution in [0.3, 0.4) is 0 Å². The first-order chi connectivity index (χ1) is 7.03. The molecule has 0 bridgehead atoms. The molecule has 0 N–H and O–H groups in total. The van der Waals surface area contributed by atoms with Crippen LogP contribution in [0.4, 0.5) is 0 Å². The van der Waals surface area contributed by atoms with Crippen molar-refractivity contribution in [2.24, 2.45) is 5.41 Å². The van der Waals surface area contributed by atoms with Crippen LogP contribution in [0.25, 0.3) is 18.2 Å². The SMILES string of the molecule is CC1=Cc2cc3c(cc2=C1)CC(C)(C)C=3. The molecule has 1 aromatic rings. The molecule has 0 nitrogen and oxygen atoms in total. The Kier molecular flexibility index (Phi) is 1.57. The maximum absolute atomic E-state index is 2.41. The van der Waals surface area contributed by atoms with E-state index in [1.807, 2.05) is 0 Å². The van der Waals surface area contributed by atoms with Crippen molar-refractivity contribution >= 4 is 18.2 Å². The predicted octanol–water partition coefficient (Wildman–Crippen LogP) is 2.25. The molecule has 0 amide bonds. The zero-order chi connectivity index (χ0) is 10.6. The molecule has 0 aromatic heterocycles. The molecule has 76 valence electrons. The van der Waals surface area contributed by atoms with Crippen molar-refractivity contribution in [1.82, 2.24) is 0 Å². The van der Waals surface area contributed by atoms with Gasteiger partial charge in [-0.2, -0.15) is 0 Å². The van der Waals surface area contributed by atoms with Gasteiger partial charge in [0.1, 0.15) is 0 Å². The summed E-state index contributed by atoms with van der Waals surface area (Å²) in [6.07, 6.45) is 8.14. The standard InChI is InChI=1S/C15H16/c1-10-4-11-6-13-8-15(2,3)9-14(13)7-12(11)5-10/h4-8H,9H2,1-3H3. The molecule has 0 saturated heterocycles. The fourth-order valence-electron chi connectivity index (χ4n) is 2.73. The van der Waals surface area contributed by atoms with Gasteiger partial charge in [0.25, 0.3) is 0 Å². The lowest BCUT2D eigenvalue weighted by atomic mass is 9.92. The lowest BCUT2D eigenvalue weighted by molar-refractivity contribution is 0.529. The van der Waals surface area contributed by atoms with E-state index in [-0.39, 0.29) is 0 Å². The van der Waals surface area contributed by atoms with Gasteiger partial charge in [0.2, 0.25) is 0 Å². The number of allylic oxidation sites excluding steroid dienone is 1. The van der Waals surface area contributed by atoms with E-state index >= 15 is 0 Å². The Morgan fingerprint density at radius 2 is 1.87 bits per heavy atom. The summed E-state index contributed by atoms with van der Waals surface area (Å²) in [5.74, 6) is 0. The number of hydrogen-bond acceptors (Lipinski definition) is 0. The molecule has 0 spiro atoms. The Hall–Kier alpha value is -1.30. The topological polar surface area (TPSA) is 0 Å². The molecule has 3 rings (SSSR count). The highest BCUT2D eigenvalue weighted by Gasteiger charge is 2.22. The normalized spacial score (nSPS) is 20.1. The van der Waals surface area contributed by atoms with Crippen LogP contribution < -0.4 is 10.4 Å². The summed E-state index contributed by atoms with van der Waals surface area (Å²) in [5.41, 5.74) is 4.61. The summed E-state index contributed by atoms with van der Waals surface area (Å²) < 4.78 is 0. The van der Waals surface area contributed by atoms with Crippen molar-refractivity contribution < 1.29 is 0 Å². The number of fused-ring (bicyclic) bond motifs is 2. The van der Waals surface area contributed by atoms with Crippen LogP contribution in [0.15, 0.2) is 17.7 Å². The average Bonchev–Trinajstić information content (AvgIpc) is 2.55. The molecule has 0 atom stereocenters. The van der Waals surface area contributed by atoms with Gasteiger partial charge in [-0.3, -0.25) is 0 Å². The van der Waals surface area contributed by atoms with E-state index in [9.17, 15) is 0 Å². The van der Waals surface area contributed by atoms with Gasteiger partial charge >= 0.3 is 0 Å². The minimum Gasteiger partial charge on any atom is -0.0710 e. The third-order valence-electron chi connectivity index (χ3n) is 3.30. The fraction of sp³-hybridized carbons (Fsp3) is 0.333. The Bertz CT molecular complexity index is 583. The predicted molar refractivity (Wildman–Crippen MR) is 65.8 cm³/mol. The van der Waals surface area contributed by atoms with Crippen LogP contribution >= 0.6 is 0 Å². The van der Waals surface area contributed by atoms with Crippen LogP contribution in [-0.2, 0) is 6.42 Å². The first kappa shape index (κ1) is 8.96. The average molecular weight is 196 g/mol. The van der Waals surface area contributed by atoms with Gasteiger partial charge in [0.15, 0.2) is 0 Å². The van der Waals surface area contributed by atoms with Crippen LogP contribution in [-0.4, -0.2) is 0 Å². The van der Waals surface area contributed by atoms with Gasteiger partial charge in [0, 0.05) is 0 Å². The molecule has 0 aliphatic heterocycles. The van der Waals surface area contributed by atoms with Crippen LogP contribution in [0.5, 0.6) is 0 Å². The van der Waals surface area contributed by atoms with E-state index in [1.54, 1.807) is 0 Å². The fourth-order valence-corrected chi connectivity index (χ4v) is 2.73. The highest BCUT2D eigenvalue weighted by molar-refractivity contribution is 5.72. The van der Waals surface area contributed by atoms with Crippen molar-refractivity contribution in [1.29, 1.82) is 0 Å². The smallest absolute Gasteiger partial charge is 0.0125 e. The number of rotatable bonds is 0. The summed E-state index contributed by atoms with van der Waals surface area (Å²) in [6, 6.07) is 4.70. The van der Waals surface area contributed by atoms with Crippen molar-refractivity contribution in [2.75, 3.05) is 0 Å². The second-order valence-corrected chi connectivity index (χ2v) is 5.52. The molecule has 1 aromatic carbocycles. The minimum absolute atomic E-state index is 0.343. The zero-order valence-electron chi connectivity index (χ0n) is 9.59. The van der Waals surface area contributed by atoms with Crippen molar-refractivity contribution in [3.8, 4) is 0 Å². The van der Waals surface area contributed by atoms with Crippen LogP contribution in [0.1, 0.15) is 31.9 Å². The van der Waals surface area contributed by atoms with E-state index in [4.69, 9.17) is 0 Å². The van der Waals surface area contributed by atoms with E-state index in [1.165, 1.54) is 33.6 Å². The van der Waals surface area contributed by atoms with E-state index in [0.717, 1.165) is 0 Å². The van der Waals surface area contributed by atoms with Gasteiger partial charge in [-0.25, -0.2) is 0 Å². The van der Waals surface area contributed by atoms with Crippen molar-refractivity contribution in [3.05, 3.63) is 39.3 Å². The largest absolute Gasteiger partial charge is 0.0710 e. The molecule has 2 aliphatic rings. The zero-order valence-corrected chi connectivity index (χ0v) is 9.59. The molecular weight excluding hydrogens is 180 g/mol. The Morgan fingerprint density at radius 1 is 1.07 bits per heavy atom. The Morgan fingerprint density at radius 3 is 2.67 bits per heavy atom. The summed E-state index contributed by atoms with van der Waals surface area (Å²) in [6.45, 7) is 6.78.